The molecule has 0 radical (unpaired) electrons. The van der Waals surface area contributed by atoms with Gasteiger partial charge in [-0.25, -0.2) is 4.98 Å². The average molecular weight is 257 g/mol. The van der Waals surface area contributed by atoms with Crippen LogP contribution in [-0.4, -0.2) is 31.2 Å². The van der Waals surface area contributed by atoms with E-state index in [1.807, 2.05) is 19.2 Å². The highest BCUT2D eigenvalue weighted by Gasteiger charge is 2.15. The van der Waals surface area contributed by atoms with Crippen LogP contribution in [0.25, 0.3) is 10.8 Å². The standard InChI is InChI=1S/C15H19N3O/c1-16-12-4-5-14-11(9-12)6-8-18-15(14)19-10-13-3-2-7-17-13/h4-6,8-9,13,16-17H,2-3,7,10H2,1H3. The fourth-order valence-electron chi connectivity index (χ4n) is 2.50. The van der Waals surface area contributed by atoms with Gasteiger partial charge in [-0.15, -0.1) is 0 Å². The molecule has 19 heavy (non-hydrogen) atoms. The van der Waals surface area contributed by atoms with Crippen LogP contribution in [0.5, 0.6) is 5.88 Å². The molecule has 0 spiro atoms. The van der Waals surface area contributed by atoms with E-state index in [1.165, 1.54) is 12.8 Å². The minimum absolute atomic E-state index is 0.466. The molecule has 4 heteroatoms. The molecule has 1 unspecified atom stereocenters. The smallest absolute Gasteiger partial charge is 0.221 e. The van der Waals surface area contributed by atoms with Crippen molar-refractivity contribution in [3.8, 4) is 5.88 Å². The monoisotopic (exact) mass is 257 g/mol. The molecule has 2 heterocycles. The summed E-state index contributed by atoms with van der Waals surface area (Å²) in [5.41, 5.74) is 1.10. The molecule has 1 aliphatic heterocycles. The van der Waals surface area contributed by atoms with Crippen LogP contribution in [0.4, 0.5) is 5.69 Å². The van der Waals surface area contributed by atoms with Crippen LogP contribution >= 0.6 is 0 Å². The lowest BCUT2D eigenvalue weighted by molar-refractivity contribution is 0.271. The first-order valence-corrected chi connectivity index (χ1v) is 6.79. The predicted octanol–water partition coefficient (Wildman–Crippen LogP) is 2.41. The molecule has 4 nitrogen and oxygen atoms in total. The van der Waals surface area contributed by atoms with Crippen molar-refractivity contribution in [3.63, 3.8) is 0 Å². The SMILES string of the molecule is CNc1ccc2c(OCC3CCCN3)nccc2c1. The van der Waals surface area contributed by atoms with Gasteiger partial charge in [-0.2, -0.15) is 0 Å². The molecule has 3 rings (SSSR count). The van der Waals surface area contributed by atoms with Crippen LogP contribution in [0.1, 0.15) is 12.8 Å². The molecule has 1 saturated heterocycles. The topological polar surface area (TPSA) is 46.2 Å². The molecule has 1 fully saturated rings. The Hall–Kier alpha value is -1.81. The highest BCUT2D eigenvalue weighted by atomic mass is 16.5. The molecule has 0 amide bonds. The Morgan fingerprint density at radius 1 is 1.42 bits per heavy atom. The van der Waals surface area contributed by atoms with Crippen LogP contribution in [-0.2, 0) is 0 Å². The van der Waals surface area contributed by atoms with E-state index in [9.17, 15) is 0 Å². The van der Waals surface area contributed by atoms with E-state index in [4.69, 9.17) is 4.74 Å². The first-order valence-electron chi connectivity index (χ1n) is 6.79. The number of fused-ring (bicyclic) bond motifs is 1. The molecule has 0 saturated carbocycles. The maximum atomic E-state index is 5.88. The molecule has 0 aliphatic carbocycles. The van der Waals surface area contributed by atoms with E-state index in [1.54, 1.807) is 6.20 Å². The number of pyridine rings is 1. The zero-order chi connectivity index (χ0) is 13.1. The summed E-state index contributed by atoms with van der Waals surface area (Å²) < 4.78 is 5.88. The molecule has 2 N–H and O–H groups in total. The van der Waals surface area contributed by atoms with Crippen molar-refractivity contribution < 1.29 is 4.74 Å². The van der Waals surface area contributed by atoms with Crippen molar-refractivity contribution in [1.29, 1.82) is 0 Å². The largest absolute Gasteiger partial charge is 0.476 e. The van der Waals surface area contributed by atoms with Crippen molar-refractivity contribution >= 4 is 16.5 Å². The number of anilines is 1. The minimum Gasteiger partial charge on any atom is -0.476 e. The van der Waals surface area contributed by atoms with Crippen LogP contribution in [0.15, 0.2) is 30.5 Å². The fraction of sp³-hybridized carbons (Fsp3) is 0.400. The van der Waals surface area contributed by atoms with Crippen LogP contribution < -0.4 is 15.4 Å². The highest BCUT2D eigenvalue weighted by Crippen LogP contribution is 2.26. The third-order valence-electron chi connectivity index (χ3n) is 3.60. The second kappa shape index (κ2) is 5.45. The Morgan fingerprint density at radius 3 is 3.16 bits per heavy atom. The summed E-state index contributed by atoms with van der Waals surface area (Å²) in [6.07, 6.45) is 4.23. The van der Waals surface area contributed by atoms with Crippen LogP contribution in [0, 0.1) is 0 Å². The number of benzene rings is 1. The lowest BCUT2D eigenvalue weighted by atomic mass is 10.1. The van der Waals surface area contributed by atoms with Gasteiger partial charge in [0.05, 0.1) is 0 Å². The van der Waals surface area contributed by atoms with Gasteiger partial charge >= 0.3 is 0 Å². The van der Waals surface area contributed by atoms with Crippen LogP contribution in [0.2, 0.25) is 0 Å². The quantitative estimate of drug-likeness (QED) is 0.883. The zero-order valence-electron chi connectivity index (χ0n) is 11.1. The molecule has 1 atom stereocenters. The summed E-state index contributed by atoms with van der Waals surface area (Å²) in [6.45, 7) is 1.79. The average Bonchev–Trinajstić information content (AvgIpc) is 2.97. The second-order valence-corrected chi connectivity index (χ2v) is 4.91. The van der Waals surface area contributed by atoms with E-state index in [2.05, 4.69) is 27.8 Å². The summed E-state index contributed by atoms with van der Waals surface area (Å²) >= 11 is 0. The van der Waals surface area contributed by atoms with Gasteiger partial charge in [-0.3, -0.25) is 0 Å². The lowest BCUT2D eigenvalue weighted by Gasteiger charge is -2.13. The first kappa shape index (κ1) is 12.2. The zero-order valence-corrected chi connectivity index (χ0v) is 11.1. The lowest BCUT2D eigenvalue weighted by Crippen LogP contribution is -2.28. The highest BCUT2D eigenvalue weighted by molar-refractivity contribution is 5.89. The van der Waals surface area contributed by atoms with Crippen molar-refractivity contribution in [2.45, 2.75) is 18.9 Å². The maximum Gasteiger partial charge on any atom is 0.221 e. The van der Waals surface area contributed by atoms with Gasteiger partial charge in [-0.1, -0.05) is 0 Å². The Bertz CT molecular complexity index is 564. The summed E-state index contributed by atoms with van der Waals surface area (Å²) in [5.74, 6) is 0.730. The molecule has 0 bridgehead atoms. The van der Waals surface area contributed by atoms with E-state index in [0.29, 0.717) is 12.6 Å². The van der Waals surface area contributed by atoms with Crippen LogP contribution in [0.3, 0.4) is 0 Å². The number of nitrogens with zero attached hydrogens (tertiary/aromatic N) is 1. The van der Waals surface area contributed by atoms with E-state index < -0.39 is 0 Å². The first-order chi connectivity index (χ1) is 9.36. The number of hydrogen-bond acceptors (Lipinski definition) is 4. The van der Waals surface area contributed by atoms with Crippen molar-refractivity contribution in [2.75, 3.05) is 25.5 Å². The Balaban J connectivity index is 1.82. The van der Waals surface area contributed by atoms with E-state index in [-0.39, 0.29) is 0 Å². The maximum absolute atomic E-state index is 5.88. The van der Waals surface area contributed by atoms with Gasteiger partial charge in [-0.05, 0) is 49.0 Å². The van der Waals surface area contributed by atoms with E-state index >= 15 is 0 Å². The number of ether oxygens (including phenoxy) is 1. The molecule has 1 aromatic carbocycles. The minimum atomic E-state index is 0.466. The second-order valence-electron chi connectivity index (χ2n) is 4.91. The summed E-state index contributed by atoms with van der Waals surface area (Å²) in [5, 5.41) is 8.79. The van der Waals surface area contributed by atoms with Gasteiger partial charge in [0.25, 0.3) is 0 Å². The Morgan fingerprint density at radius 2 is 2.37 bits per heavy atom. The molecular formula is C15H19N3O. The van der Waals surface area contributed by atoms with Crippen molar-refractivity contribution in [3.05, 3.63) is 30.5 Å². The molecule has 2 aromatic rings. The summed E-state index contributed by atoms with van der Waals surface area (Å²) in [6, 6.07) is 8.69. The van der Waals surface area contributed by atoms with Gasteiger partial charge in [0.15, 0.2) is 0 Å². The Labute approximate surface area is 113 Å². The fourth-order valence-corrected chi connectivity index (χ4v) is 2.50. The molecular weight excluding hydrogens is 238 g/mol. The normalized spacial score (nSPS) is 18.7. The van der Waals surface area contributed by atoms with Crippen molar-refractivity contribution in [1.82, 2.24) is 10.3 Å². The number of rotatable bonds is 4. The van der Waals surface area contributed by atoms with Crippen molar-refractivity contribution in [2.24, 2.45) is 0 Å². The van der Waals surface area contributed by atoms with E-state index in [0.717, 1.165) is 28.9 Å². The Kier molecular flexibility index (Phi) is 3.51. The number of hydrogen-bond donors (Lipinski definition) is 2. The number of nitrogens with one attached hydrogen (secondary N) is 2. The summed E-state index contributed by atoms with van der Waals surface area (Å²) in [4.78, 5) is 4.35. The van der Waals surface area contributed by atoms with Gasteiger partial charge < -0.3 is 15.4 Å². The van der Waals surface area contributed by atoms with Gasteiger partial charge in [0.1, 0.15) is 6.61 Å². The summed E-state index contributed by atoms with van der Waals surface area (Å²) in [7, 11) is 1.92. The number of aromatic nitrogens is 1. The third-order valence-corrected chi connectivity index (χ3v) is 3.60. The molecule has 1 aliphatic rings. The van der Waals surface area contributed by atoms with Gasteiger partial charge in [0, 0.05) is 30.4 Å². The van der Waals surface area contributed by atoms with Gasteiger partial charge in [0.2, 0.25) is 5.88 Å². The third kappa shape index (κ3) is 2.63. The molecule has 100 valence electrons. The predicted molar refractivity (Wildman–Crippen MR) is 77.8 cm³/mol. The molecule has 1 aromatic heterocycles.